The first-order chi connectivity index (χ1) is 8.28. The zero-order valence-electron chi connectivity index (χ0n) is 11.3. The van der Waals surface area contributed by atoms with Crippen LogP contribution in [0.2, 0.25) is 0 Å². The summed E-state index contributed by atoms with van der Waals surface area (Å²) < 4.78 is 2.10. The Bertz CT molecular complexity index is 322. The van der Waals surface area contributed by atoms with Crippen LogP contribution < -0.4 is 0 Å². The van der Waals surface area contributed by atoms with Crippen LogP contribution >= 0.6 is 0 Å². The van der Waals surface area contributed by atoms with Crippen molar-refractivity contribution in [2.75, 3.05) is 0 Å². The Morgan fingerprint density at radius 1 is 1.18 bits per heavy atom. The van der Waals surface area contributed by atoms with Crippen LogP contribution in [0.15, 0.2) is 0 Å². The highest BCUT2D eigenvalue weighted by atomic mass is 16.3. The fourth-order valence-electron chi connectivity index (χ4n) is 2.20. The van der Waals surface area contributed by atoms with E-state index in [0.717, 1.165) is 25.2 Å². The molecule has 1 aromatic heterocycles. The largest absolute Gasteiger partial charge is 0.388 e. The summed E-state index contributed by atoms with van der Waals surface area (Å²) in [6.45, 7) is 7.43. The van der Waals surface area contributed by atoms with Gasteiger partial charge in [0.15, 0.2) is 5.82 Å². The van der Waals surface area contributed by atoms with E-state index >= 15 is 0 Å². The first kappa shape index (κ1) is 14.2. The molecule has 0 aliphatic heterocycles. The molecule has 98 valence electrons. The number of nitrogens with zero attached hydrogens (tertiary/aromatic N) is 3. The number of hydrogen-bond acceptors (Lipinski definition) is 3. The summed E-state index contributed by atoms with van der Waals surface area (Å²) in [5, 5.41) is 17.6. The normalized spacial score (nSPS) is 12.9. The van der Waals surface area contributed by atoms with Gasteiger partial charge in [-0.15, -0.1) is 10.2 Å². The molecule has 0 spiro atoms. The van der Waals surface area contributed by atoms with Crippen LogP contribution in [0.3, 0.4) is 0 Å². The molecule has 0 fully saturated rings. The Labute approximate surface area is 104 Å². The second kappa shape index (κ2) is 7.43. The monoisotopic (exact) mass is 239 g/mol. The maximum absolute atomic E-state index is 9.27. The van der Waals surface area contributed by atoms with Crippen molar-refractivity contribution < 1.29 is 5.11 Å². The predicted octanol–water partition coefficient (Wildman–Crippen LogP) is 2.86. The summed E-state index contributed by atoms with van der Waals surface area (Å²) in [5.41, 5.74) is 0. The highest BCUT2D eigenvalue weighted by molar-refractivity contribution is 5.01. The Morgan fingerprint density at radius 2 is 1.94 bits per heavy atom. The predicted molar refractivity (Wildman–Crippen MR) is 68.8 cm³/mol. The molecule has 1 atom stereocenters. The molecule has 17 heavy (non-hydrogen) atoms. The number of hydrogen-bond donors (Lipinski definition) is 1. The third-order valence-corrected chi connectivity index (χ3v) is 3.21. The van der Waals surface area contributed by atoms with Crippen molar-refractivity contribution in [2.24, 2.45) is 0 Å². The van der Waals surface area contributed by atoms with Crippen molar-refractivity contribution in [1.82, 2.24) is 14.8 Å². The lowest BCUT2D eigenvalue weighted by Gasteiger charge is -2.16. The molecule has 0 aromatic carbocycles. The quantitative estimate of drug-likeness (QED) is 0.759. The molecule has 1 heterocycles. The maximum atomic E-state index is 9.27. The van der Waals surface area contributed by atoms with E-state index in [2.05, 4.69) is 35.5 Å². The number of aliphatic hydroxyl groups is 1. The molecule has 4 heteroatoms. The fraction of sp³-hybridized carbons (Fsp3) is 0.846. The minimum absolute atomic E-state index is 0.0167. The average Bonchev–Trinajstić information content (AvgIpc) is 2.74. The van der Waals surface area contributed by atoms with Crippen molar-refractivity contribution in [1.29, 1.82) is 0 Å². The van der Waals surface area contributed by atoms with Crippen LogP contribution in [-0.4, -0.2) is 19.9 Å². The molecule has 0 saturated heterocycles. The van der Waals surface area contributed by atoms with E-state index in [-0.39, 0.29) is 6.61 Å². The highest BCUT2D eigenvalue weighted by Crippen LogP contribution is 2.24. The van der Waals surface area contributed by atoms with Gasteiger partial charge < -0.3 is 9.67 Å². The molecule has 1 rings (SSSR count). The summed E-state index contributed by atoms with van der Waals surface area (Å²) in [6.07, 6.45) is 5.74. The molecule has 0 aliphatic rings. The molecule has 1 N–H and O–H groups in total. The Morgan fingerprint density at radius 3 is 2.47 bits per heavy atom. The molecule has 4 nitrogen and oxygen atoms in total. The van der Waals surface area contributed by atoms with Crippen molar-refractivity contribution in [2.45, 2.75) is 71.9 Å². The zero-order chi connectivity index (χ0) is 12.7. The van der Waals surface area contributed by atoms with Crippen LogP contribution in [0.25, 0.3) is 0 Å². The number of rotatable bonds is 8. The minimum atomic E-state index is -0.0167. The van der Waals surface area contributed by atoms with Crippen molar-refractivity contribution in [3.8, 4) is 0 Å². The molecule has 0 amide bonds. The van der Waals surface area contributed by atoms with Crippen molar-refractivity contribution >= 4 is 0 Å². The van der Waals surface area contributed by atoms with Gasteiger partial charge in [-0.2, -0.15) is 0 Å². The van der Waals surface area contributed by atoms with Crippen LogP contribution in [0, 0.1) is 0 Å². The topological polar surface area (TPSA) is 50.9 Å². The van der Waals surface area contributed by atoms with E-state index in [4.69, 9.17) is 0 Å². The lowest BCUT2D eigenvalue weighted by atomic mass is 9.98. The van der Waals surface area contributed by atoms with Crippen LogP contribution in [0.1, 0.15) is 70.4 Å². The van der Waals surface area contributed by atoms with E-state index in [0.29, 0.717) is 11.7 Å². The number of aromatic nitrogens is 3. The summed E-state index contributed by atoms with van der Waals surface area (Å²) in [4.78, 5) is 0. The van der Waals surface area contributed by atoms with Gasteiger partial charge in [0, 0.05) is 12.5 Å². The first-order valence-electron chi connectivity index (χ1n) is 6.81. The van der Waals surface area contributed by atoms with E-state index in [1.807, 2.05) is 0 Å². The highest BCUT2D eigenvalue weighted by Gasteiger charge is 2.18. The molecule has 0 bridgehead atoms. The fourth-order valence-corrected chi connectivity index (χ4v) is 2.20. The van der Waals surface area contributed by atoms with Gasteiger partial charge in [-0.1, -0.05) is 33.6 Å². The smallest absolute Gasteiger partial charge is 0.158 e. The zero-order valence-corrected chi connectivity index (χ0v) is 11.3. The third kappa shape index (κ3) is 3.53. The molecular formula is C13H25N3O. The van der Waals surface area contributed by atoms with Gasteiger partial charge >= 0.3 is 0 Å². The molecule has 0 radical (unpaired) electrons. The van der Waals surface area contributed by atoms with Gasteiger partial charge in [-0.3, -0.25) is 0 Å². The van der Waals surface area contributed by atoms with E-state index in [9.17, 15) is 5.11 Å². The van der Waals surface area contributed by atoms with Crippen LogP contribution in [-0.2, 0) is 13.2 Å². The number of unbranched alkanes of at least 4 members (excludes halogenated alkanes) is 1. The Hall–Kier alpha value is -0.900. The standard InChI is InChI=1S/C13H25N3O/c1-4-7-8-11(6-3)13-15-14-12(10-17)16(13)9-5-2/h11,17H,4-10H2,1-3H3. The summed E-state index contributed by atoms with van der Waals surface area (Å²) in [7, 11) is 0. The summed E-state index contributed by atoms with van der Waals surface area (Å²) >= 11 is 0. The van der Waals surface area contributed by atoms with Gasteiger partial charge in [0.05, 0.1) is 0 Å². The molecule has 0 aliphatic carbocycles. The van der Waals surface area contributed by atoms with E-state index in [1.54, 1.807) is 0 Å². The molecular weight excluding hydrogens is 214 g/mol. The van der Waals surface area contributed by atoms with Gasteiger partial charge in [0.2, 0.25) is 0 Å². The second-order valence-electron chi connectivity index (χ2n) is 4.53. The van der Waals surface area contributed by atoms with Gasteiger partial charge in [-0.25, -0.2) is 0 Å². The Kier molecular flexibility index (Phi) is 6.19. The second-order valence-corrected chi connectivity index (χ2v) is 4.53. The lowest BCUT2D eigenvalue weighted by molar-refractivity contribution is 0.263. The minimum Gasteiger partial charge on any atom is -0.388 e. The van der Waals surface area contributed by atoms with Crippen LogP contribution in [0.4, 0.5) is 0 Å². The average molecular weight is 239 g/mol. The maximum Gasteiger partial charge on any atom is 0.158 e. The Balaban J connectivity index is 2.89. The van der Waals surface area contributed by atoms with E-state index in [1.165, 1.54) is 19.3 Å². The molecule has 0 saturated carbocycles. The van der Waals surface area contributed by atoms with Crippen molar-refractivity contribution in [3.05, 3.63) is 11.6 Å². The lowest BCUT2D eigenvalue weighted by Crippen LogP contribution is -2.11. The van der Waals surface area contributed by atoms with Crippen molar-refractivity contribution in [3.63, 3.8) is 0 Å². The number of aliphatic hydroxyl groups excluding tert-OH is 1. The molecule has 1 aromatic rings. The SMILES string of the molecule is CCCCC(CC)c1nnc(CO)n1CCC. The van der Waals surface area contributed by atoms with Gasteiger partial charge in [0.1, 0.15) is 12.4 Å². The summed E-state index contributed by atoms with van der Waals surface area (Å²) in [6, 6.07) is 0. The first-order valence-corrected chi connectivity index (χ1v) is 6.81. The van der Waals surface area contributed by atoms with Gasteiger partial charge in [0.25, 0.3) is 0 Å². The molecule has 1 unspecified atom stereocenters. The summed E-state index contributed by atoms with van der Waals surface area (Å²) in [5.74, 6) is 2.25. The third-order valence-electron chi connectivity index (χ3n) is 3.21. The van der Waals surface area contributed by atoms with Gasteiger partial charge in [-0.05, 0) is 19.3 Å². The van der Waals surface area contributed by atoms with E-state index < -0.39 is 0 Å². The van der Waals surface area contributed by atoms with Crippen LogP contribution in [0.5, 0.6) is 0 Å².